The van der Waals surface area contributed by atoms with Crippen LogP contribution < -0.4 is 5.73 Å². The van der Waals surface area contributed by atoms with Gasteiger partial charge >= 0.3 is 0 Å². The molecule has 0 saturated heterocycles. The topological polar surface area (TPSA) is 99.9 Å². The van der Waals surface area contributed by atoms with Crippen molar-refractivity contribution in [1.82, 2.24) is 15.0 Å². The maximum Gasteiger partial charge on any atom is 0.297 e. The number of benzene rings is 1. The number of rotatable bonds is 4. The van der Waals surface area contributed by atoms with E-state index >= 15 is 0 Å². The van der Waals surface area contributed by atoms with E-state index in [1.165, 1.54) is 23.0 Å². The van der Waals surface area contributed by atoms with Gasteiger partial charge in [-0.3, -0.25) is 10.1 Å². The Bertz CT molecular complexity index is 658. The second-order valence-corrected chi connectivity index (χ2v) is 4.96. The predicted octanol–water partition coefficient (Wildman–Crippen LogP) is 2.89. The highest BCUT2D eigenvalue weighted by molar-refractivity contribution is 6.36. The standard InChI is InChI=1S/C11H11Cl2N5O2/c1-2-8(14)9-5-17(16-15-9)11-7(13)3-6(12)4-10(11)18(19)20/h3-5,8H,2,14H2,1H3. The molecule has 0 aliphatic rings. The molecule has 0 bridgehead atoms. The number of halogens is 2. The van der Waals surface area contributed by atoms with Gasteiger partial charge in [-0.05, 0) is 12.5 Å². The van der Waals surface area contributed by atoms with Crippen LogP contribution in [0.2, 0.25) is 10.0 Å². The van der Waals surface area contributed by atoms with E-state index in [1.807, 2.05) is 6.92 Å². The third-order valence-electron chi connectivity index (χ3n) is 2.76. The Hall–Kier alpha value is -1.70. The third kappa shape index (κ3) is 2.74. The molecule has 2 aromatic rings. The third-order valence-corrected chi connectivity index (χ3v) is 3.27. The summed E-state index contributed by atoms with van der Waals surface area (Å²) in [5.41, 5.74) is 6.24. The second-order valence-electron chi connectivity index (χ2n) is 4.12. The van der Waals surface area contributed by atoms with Crippen LogP contribution >= 0.6 is 23.2 Å². The maximum atomic E-state index is 11.1. The van der Waals surface area contributed by atoms with Crippen LogP contribution in [-0.2, 0) is 0 Å². The van der Waals surface area contributed by atoms with E-state index in [0.29, 0.717) is 12.1 Å². The van der Waals surface area contributed by atoms with Crippen molar-refractivity contribution in [1.29, 1.82) is 0 Å². The first-order valence-electron chi connectivity index (χ1n) is 5.75. The van der Waals surface area contributed by atoms with Crippen molar-refractivity contribution in [2.75, 3.05) is 0 Å². The summed E-state index contributed by atoms with van der Waals surface area (Å²) in [6.07, 6.45) is 2.20. The molecule has 7 nitrogen and oxygen atoms in total. The number of aromatic nitrogens is 3. The van der Waals surface area contributed by atoms with E-state index < -0.39 is 4.92 Å². The van der Waals surface area contributed by atoms with E-state index in [0.717, 1.165) is 0 Å². The molecule has 2 N–H and O–H groups in total. The molecule has 0 radical (unpaired) electrons. The van der Waals surface area contributed by atoms with Gasteiger partial charge in [0.05, 0.1) is 27.9 Å². The molecule has 0 aliphatic heterocycles. The summed E-state index contributed by atoms with van der Waals surface area (Å²) < 4.78 is 1.24. The van der Waals surface area contributed by atoms with Crippen LogP contribution in [0, 0.1) is 10.1 Å². The van der Waals surface area contributed by atoms with Crippen molar-refractivity contribution in [2.45, 2.75) is 19.4 Å². The fourth-order valence-electron chi connectivity index (χ4n) is 1.68. The molecule has 0 amide bonds. The molecule has 0 saturated carbocycles. The fourth-order valence-corrected chi connectivity index (χ4v) is 2.25. The summed E-state index contributed by atoms with van der Waals surface area (Å²) in [4.78, 5) is 10.5. The van der Waals surface area contributed by atoms with Crippen molar-refractivity contribution in [2.24, 2.45) is 5.73 Å². The predicted molar refractivity (Wildman–Crippen MR) is 75.3 cm³/mol. The van der Waals surface area contributed by atoms with Crippen LogP contribution in [0.25, 0.3) is 5.69 Å². The number of hydrogen-bond donors (Lipinski definition) is 1. The zero-order valence-corrected chi connectivity index (χ0v) is 12.0. The van der Waals surface area contributed by atoms with Crippen LogP contribution in [-0.4, -0.2) is 19.9 Å². The molecule has 0 spiro atoms. The number of nitrogens with two attached hydrogens (primary N) is 1. The lowest BCUT2D eigenvalue weighted by molar-refractivity contribution is -0.384. The lowest BCUT2D eigenvalue weighted by atomic mass is 10.2. The number of hydrogen-bond acceptors (Lipinski definition) is 5. The Morgan fingerprint density at radius 3 is 2.80 bits per heavy atom. The normalized spacial score (nSPS) is 12.4. The molecule has 0 fully saturated rings. The van der Waals surface area contributed by atoms with Gasteiger partial charge in [0.15, 0.2) is 5.69 Å². The first-order chi connectivity index (χ1) is 9.43. The van der Waals surface area contributed by atoms with Crippen LogP contribution in [0.15, 0.2) is 18.3 Å². The number of nitro benzene ring substituents is 1. The van der Waals surface area contributed by atoms with Gasteiger partial charge in [0.2, 0.25) is 0 Å². The molecule has 9 heteroatoms. The minimum absolute atomic E-state index is 0.114. The monoisotopic (exact) mass is 315 g/mol. The molecule has 106 valence electrons. The SMILES string of the molecule is CCC(N)c1cn(-c2c(Cl)cc(Cl)cc2[N+](=O)[O-])nn1. The Morgan fingerprint density at radius 2 is 2.20 bits per heavy atom. The second kappa shape index (κ2) is 5.74. The van der Waals surface area contributed by atoms with E-state index in [2.05, 4.69) is 10.3 Å². The smallest absolute Gasteiger partial charge is 0.297 e. The molecule has 1 atom stereocenters. The molecule has 2 rings (SSSR count). The highest BCUT2D eigenvalue weighted by atomic mass is 35.5. The lowest BCUT2D eigenvalue weighted by Gasteiger charge is -2.05. The van der Waals surface area contributed by atoms with Gasteiger partial charge in [0.25, 0.3) is 5.69 Å². The molecule has 1 aromatic heterocycles. The van der Waals surface area contributed by atoms with Gasteiger partial charge in [-0.15, -0.1) is 5.10 Å². The highest BCUT2D eigenvalue weighted by Gasteiger charge is 2.22. The van der Waals surface area contributed by atoms with Gasteiger partial charge in [-0.25, -0.2) is 4.68 Å². The Morgan fingerprint density at radius 1 is 1.50 bits per heavy atom. The first kappa shape index (κ1) is 14.7. The maximum absolute atomic E-state index is 11.1. The van der Waals surface area contributed by atoms with Crippen LogP contribution in [0.1, 0.15) is 25.1 Å². The highest BCUT2D eigenvalue weighted by Crippen LogP contribution is 2.33. The summed E-state index contributed by atoms with van der Waals surface area (Å²) in [6, 6.07) is 2.34. The molecular weight excluding hydrogens is 305 g/mol. The van der Waals surface area contributed by atoms with E-state index in [4.69, 9.17) is 28.9 Å². The largest absolute Gasteiger partial charge is 0.323 e. The van der Waals surface area contributed by atoms with E-state index in [9.17, 15) is 10.1 Å². The summed E-state index contributed by atoms with van der Waals surface area (Å²) >= 11 is 11.8. The lowest BCUT2D eigenvalue weighted by Crippen LogP contribution is -2.08. The van der Waals surface area contributed by atoms with E-state index in [-0.39, 0.29) is 27.5 Å². The summed E-state index contributed by atoms with van der Waals surface area (Å²) in [6.45, 7) is 1.90. The number of nitrogens with zero attached hydrogens (tertiary/aromatic N) is 4. The van der Waals surface area contributed by atoms with Crippen molar-refractivity contribution >= 4 is 28.9 Å². The van der Waals surface area contributed by atoms with Gasteiger partial charge in [0.1, 0.15) is 0 Å². The van der Waals surface area contributed by atoms with E-state index in [1.54, 1.807) is 0 Å². The summed E-state index contributed by atoms with van der Waals surface area (Å²) in [5, 5.41) is 19.1. The summed E-state index contributed by atoms with van der Waals surface area (Å²) in [5.74, 6) is 0. The molecule has 1 aromatic carbocycles. The van der Waals surface area contributed by atoms with Crippen molar-refractivity contribution in [3.05, 3.63) is 44.2 Å². The Labute approximate surface area is 124 Å². The fraction of sp³-hybridized carbons (Fsp3) is 0.273. The van der Waals surface area contributed by atoms with Crippen LogP contribution in [0.4, 0.5) is 5.69 Å². The zero-order valence-electron chi connectivity index (χ0n) is 10.5. The molecule has 0 aliphatic carbocycles. The van der Waals surface area contributed by atoms with Crippen molar-refractivity contribution in [3.63, 3.8) is 0 Å². The molecule has 1 heterocycles. The first-order valence-corrected chi connectivity index (χ1v) is 6.51. The van der Waals surface area contributed by atoms with Crippen LogP contribution in [0.5, 0.6) is 0 Å². The number of nitro groups is 1. The van der Waals surface area contributed by atoms with Gasteiger partial charge in [0, 0.05) is 11.1 Å². The van der Waals surface area contributed by atoms with Gasteiger partial charge in [-0.2, -0.15) is 0 Å². The molecule has 1 unspecified atom stereocenters. The van der Waals surface area contributed by atoms with Crippen molar-refractivity contribution in [3.8, 4) is 5.69 Å². The van der Waals surface area contributed by atoms with Gasteiger partial charge < -0.3 is 5.73 Å². The van der Waals surface area contributed by atoms with Crippen LogP contribution in [0.3, 0.4) is 0 Å². The Balaban J connectivity index is 2.57. The van der Waals surface area contributed by atoms with Crippen molar-refractivity contribution < 1.29 is 4.92 Å². The molecular formula is C11H11Cl2N5O2. The summed E-state index contributed by atoms with van der Waals surface area (Å²) in [7, 11) is 0. The minimum Gasteiger partial charge on any atom is -0.323 e. The average molecular weight is 316 g/mol. The minimum atomic E-state index is -0.575. The zero-order chi connectivity index (χ0) is 14.9. The average Bonchev–Trinajstić information content (AvgIpc) is 2.86. The Kier molecular flexibility index (Phi) is 4.22. The van der Waals surface area contributed by atoms with Gasteiger partial charge in [-0.1, -0.05) is 35.3 Å². The molecule has 20 heavy (non-hydrogen) atoms. The quantitative estimate of drug-likeness (QED) is 0.690.